The van der Waals surface area contributed by atoms with Crippen LogP contribution in [0.25, 0.3) is 0 Å². The molecule has 1 aromatic carbocycles. The highest BCUT2D eigenvalue weighted by Crippen LogP contribution is 2.27. The van der Waals surface area contributed by atoms with Gasteiger partial charge in [-0.2, -0.15) is 5.10 Å². The summed E-state index contributed by atoms with van der Waals surface area (Å²) in [6.45, 7) is 7.19. The predicted octanol–water partition coefficient (Wildman–Crippen LogP) is 3.07. The average molecular weight is 332 g/mol. The van der Waals surface area contributed by atoms with Crippen molar-refractivity contribution in [3.05, 3.63) is 29.3 Å². The number of nitrogens with zero attached hydrogens (tertiary/aromatic N) is 2. The maximum Gasteiger partial charge on any atom is 0.276 e. The topological polar surface area (TPSA) is 56.7 Å². The standard InChI is InChI=1S/C17H24N4OS/c1-5-6-9-18-17(23)21(4)20-15-13-10-12(11(2)3)7-8-14(13)19-16(15)22/h7-8,10-11H,5-6,9H2,1-4H3,(H,18,23)(H,19,20,22). The van der Waals surface area contributed by atoms with Gasteiger partial charge in [0.1, 0.15) is 0 Å². The largest absolute Gasteiger partial charge is 0.361 e. The molecular formula is C17H24N4OS. The van der Waals surface area contributed by atoms with Crippen LogP contribution >= 0.6 is 12.2 Å². The average Bonchev–Trinajstić information content (AvgIpc) is 2.82. The second-order valence-electron chi connectivity index (χ2n) is 5.97. The third kappa shape index (κ3) is 4.07. The fourth-order valence-electron chi connectivity index (χ4n) is 2.31. The second-order valence-corrected chi connectivity index (χ2v) is 6.36. The van der Waals surface area contributed by atoms with Gasteiger partial charge in [0.15, 0.2) is 10.8 Å². The number of benzene rings is 1. The molecule has 1 heterocycles. The van der Waals surface area contributed by atoms with E-state index in [1.165, 1.54) is 5.56 Å². The normalized spacial score (nSPS) is 14.8. The first kappa shape index (κ1) is 17.4. The zero-order valence-corrected chi connectivity index (χ0v) is 15.0. The summed E-state index contributed by atoms with van der Waals surface area (Å²) in [7, 11) is 1.76. The van der Waals surface area contributed by atoms with Crippen molar-refractivity contribution < 1.29 is 4.79 Å². The number of amides is 1. The third-order valence-corrected chi connectivity index (χ3v) is 4.19. The highest BCUT2D eigenvalue weighted by atomic mass is 32.1. The van der Waals surface area contributed by atoms with Crippen LogP contribution in [0.1, 0.15) is 50.7 Å². The van der Waals surface area contributed by atoms with Gasteiger partial charge in [0.2, 0.25) is 0 Å². The van der Waals surface area contributed by atoms with Crippen LogP contribution in [-0.2, 0) is 4.79 Å². The van der Waals surface area contributed by atoms with E-state index in [9.17, 15) is 4.79 Å². The summed E-state index contributed by atoms with van der Waals surface area (Å²) in [6.07, 6.45) is 2.15. The molecule has 0 atom stereocenters. The lowest BCUT2D eigenvalue weighted by Gasteiger charge is -2.16. The number of rotatable bonds is 5. The van der Waals surface area contributed by atoms with Crippen molar-refractivity contribution in [1.29, 1.82) is 0 Å². The van der Waals surface area contributed by atoms with Crippen LogP contribution < -0.4 is 10.6 Å². The number of hydrogen-bond acceptors (Lipinski definition) is 3. The summed E-state index contributed by atoms with van der Waals surface area (Å²) in [5.41, 5.74) is 3.23. The number of carbonyl (C=O) groups is 1. The molecular weight excluding hydrogens is 308 g/mol. The Kier molecular flexibility index (Phi) is 5.71. The molecule has 0 saturated heterocycles. The van der Waals surface area contributed by atoms with Crippen molar-refractivity contribution in [3.8, 4) is 0 Å². The van der Waals surface area contributed by atoms with Gasteiger partial charge >= 0.3 is 0 Å². The molecule has 0 bridgehead atoms. The van der Waals surface area contributed by atoms with E-state index in [1.807, 2.05) is 18.2 Å². The molecule has 0 aliphatic carbocycles. The van der Waals surface area contributed by atoms with E-state index in [4.69, 9.17) is 12.2 Å². The van der Waals surface area contributed by atoms with Crippen LogP contribution in [0.15, 0.2) is 23.3 Å². The number of fused-ring (bicyclic) bond motifs is 1. The highest BCUT2D eigenvalue weighted by Gasteiger charge is 2.27. The summed E-state index contributed by atoms with van der Waals surface area (Å²) in [4.78, 5) is 12.2. The molecule has 1 aliphatic rings. The molecule has 23 heavy (non-hydrogen) atoms. The summed E-state index contributed by atoms with van der Waals surface area (Å²) in [5, 5.41) is 12.5. The quantitative estimate of drug-likeness (QED) is 0.494. The molecule has 1 aromatic rings. The number of anilines is 1. The summed E-state index contributed by atoms with van der Waals surface area (Å²) in [5.74, 6) is 0.205. The first-order chi connectivity index (χ1) is 10.9. The van der Waals surface area contributed by atoms with Crippen LogP contribution in [0.5, 0.6) is 0 Å². The van der Waals surface area contributed by atoms with Crippen LogP contribution in [0.2, 0.25) is 0 Å². The summed E-state index contributed by atoms with van der Waals surface area (Å²) >= 11 is 5.31. The Morgan fingerprint density at radius 3 is 2.83 bits per heavy atom. The van der Waals surface area contributed by atoms with Crippen LogP contribution in [-0.4, -0.2) is 35.3 Å². The molecule has 2 N–H and O–H groups in total. The number of carbonyl (C=O) groups excluding carboxylic acids is 1. The molecule has 124 valence electrons. The molecule has 0 radical (unpaired) electrons. The van der Waals surface area contributed by atoms with Gasteiger partial charge < -0.3 is 10.6 Å². The maximum atomic E-state index is 12.2. The first-order valence-electron chi connectivity index (χ1n) is 7.99. The van der Waals surface area contributed by atoms with E-state index in [-0.39, 0.29) is 5.91 Å². The van der Waals surface area contributed by atoms with Gasteiger partial charge in [0.25, 0.3) is 5.91 Å². The van der Waals surface area contributed by atoms with Crippen molar-refractivity contribution in [1.82, 2.24) is 10.3 Å². The minimum Gasteiger partial charge on any atom is -0.361 e. The monoisotopic (exact) mass is 332 g/mol. The fraction of sp³-hybridized carbons (Fsp3) is 0.471. The number of nitrogens with one attached hydrogen (secondary N) is 2. The molecule has 0 unspecified atom stereocenters. The summed E-state index contributed by atoms with van der Waals surface area (Å²) in [6, 6.07) is 5.99. The molecule has 0 aromatic heterocycles. The van der Waals surface area contributed by atoms with Gasteiger partial charge in [-0.25, -0.2) is 5.01 Å². The molecule has 0 spiro atoms. The zero-order chi connectivity index (χ0) is 17.0. The lowest BCUT2D eigenvalue weighted by atomic mass is 9.99. The van der Waals surface area contributed by atoms with E-state index in [1.54, 1.807) is 12.1 Å². The lowest BCUT2D eigenvalue weighted by Crippen LogP contribution is -2.35. The fourth-order valence-corrected chi connectivity index (χ4v) is 2.45. The minimum atomic E-state index is -0.191. The SMILES string of the molecule is CCCCNC(=S)N(C)N=C1C(=O)Nc2ccc(C(C)C)cc21. The van der Waals surface area contributed by atoms with E-state index in [0.29, 0.717) is 16.7 Å². The Labute approximate surface area is 143 Å². The summed E-state index contributed by atoms with van der Waals surface area (Å²) < 4.78 is 0. The molecule has 1 aliphatic heterocycles. The van der Waals surface area contributed by atoms with Gasteiger partial charge in [-0.3, -0.25) is 4.79 Å². The Morgan fingerprint density at radius 2 is 2.17 bits per heavy atom. The Morgan fingerprint density at radius 1 is 1.43 bits per heavy atom. The molecule has 0 fully saturated rings. The molecule has 6 heteroatoms. The lowest BCUT2D eigenvalue weighted by molar-refractivity contribution is -0.110. The van der Waals surface area contributed by atoms with Gasteiger partial charge in [-0.05, 0) is 42.3 Å². The Bertz CT molecular complexity index is 639. The van der Waals surface area contributed by atoms with Crippen LogP contribution in [0.4, 0.5) is 5.69 Å². The van der Waals surface area contributed by atoms with E-state index >= 15 is 0 Å². The van der Waals surface area contributed by atoms with E-state index in [2.05, 4.69) is 36.5 Å². The first-order valence-corrected chi connectivity index (χ1v) is 8.40. The minimum absolute atomic E-state index is 0.191. The molecule has 0 saturated carbocycles. The zero-order valence-electron chi connectivity index (χ0n) is 14.1. The van der Waals surface area contributed by atoms with Crippen LogP contribution in [0.3, 0.4) is 0 Å². The van der Waals surface area contributed by atoms with Crippen LogP contribution in [0, 0.1) is 0 Å². The van der Waals surface area contributed by atoms with Gasteiger partial charge in [0.05, 0.1) is 5.69 Å². The van der Waals surface area contributed by atoms with Gasteiger partial charge in [0, 0.05) is 19.2 Å². The van der Waals surface area contributed by atoms with Gasteiger partial charge in [-0.15, -0.1) is 0 Å². The number of thiocarbonyl (C=S) groups is 1. The van der Waals surface area contributed by atoms with Crippen molar-refractivity contribution >= 4 is 34.6 Å². The van der Waals surface area contributed by atoms with Crippen molar-refractivity contribution in [3.63, 3.8) is 0 Å². The Balaban J connectivity index is 2.21. The number of hydrazone groups is 1. The molecule has 5 nitrogen and oxygen atoms in total. The molecule has 2 rings (SSSR count). The second kappa shape index (κ2) is 7.55. The van der Waals surface area contributed by atoms with Crippen molar-refractivity contribution in [2.24, 2.45) is 5.10 Å². The maximum absolute atomic E-state index is 12.2. The molecule has 1 amide bonds. The number of unbranched alkanes of at least 4 members (excludes halogenated alkanes) is 1. The third-order valence-electron chi connectivity index (χ3n) is 3.78. The van der Waals surface area contributed by atoms with E-state index in [0.717, 1.165) is 30.6 Å². The van der Waals surface area contributed by atoms with Crippen molar-refractivity contribution in [2.45, 2.75) is 39.5 Å². The van der Waals surface area contributed by atoms with Gasteiger partial charge in [-0.1, -0.05) is 33.3 Å². The van der Waals surface area contributed by atoms with Crippen molar-refractivity contribution in [2.75, 3.05) is 18.9 Å². The van der Waals surface area contributed by atoms with E-state index < -0.39 is 0 Å². The Hall–Kier alpha value is -1.95. The smallest absolute Gasteiger partial charge is 0.276 e. The highest BCUT2D eigenvalue weighted by molar-refractivity contribution is 7.80. The number of hydrogen-bond donors (Lipinski definition) is 2. The predicted molar refractivity (Wildman–Crippen MR) is 99.0 cm³/mol.